The normalized spacial score (nSPS) is 11.2. The summed E-state index contributed by atoms with van der Waals surface area (Å²) in [5.41, 5.74) is 0.517. The third-order valence-corrected chi connectivity index (χ3v) is 5.09. The van der Waals surface area contributed by atoms with E-state index in [1.165, 1.54) is 0 Å². The molecular formula is C14H21BrO4Si. The van der Waals surface area contributed by atoms with Crippen LogP contribution in [0.1, 0.15) is 10.4 Å². The van der Waals surface area contributed by atoms with Gasteiger partial charge in [0.25, 0.3) is 0 Å². The molecule has 0 atom stereocenters. The molecule has 0 saturated heterocycles. The van der Waals surface area contributed by atoms with Crippen molar-refractivity contribution in [3.8, 4) is 11.5 Å². The summed E-state index contributed by atoms with van der Waals surface area (Å²) in [5, 5.41) is 0. The van der Waals surface area contributed by atoms with Crippen molar-refractivity contribution in [1.29, 1.82) is 0 Å². The summed E-state index contributed by atoms with van der Waals surface area (Å²) in [6.45, 7) is 7.73. The Hall–Kier alpha value is -0.853. The molecule has 0 spiro atoms. The first-order valence-corrected chi connectivity index (χ1v) is 10.9. The Labute approximate surface area is 129 Å². The molecule has 0 aliphatic heterocycles. The Bertz CT molecular complexity index is 457. The summed E-state index contributed by atoms with van der Waals surface area (Å²) in [7, 11) is 0.473. The quantitative estimate of drug-likeness (QED) is 0.304. The Kier molecular flexibility index (Phi) is 6.71. The summed E-state index contributed by atoms with van der Waals surface area (Å²) in [6, 6.07) is 4.44. The molecule has 0 unspecified atom stereocenters. The molecular weight excluding hydrogens is 340 g/mol. The van der Waals surface area contributed by atoms with Crippen LogP contribution >= 0.6 is 15.9 Å². The van der Waals surface area contributed by atoms with E-state index in [9.17, 15) is 4.79 Å². The van der Waals surface area contributed by atoms with Gasteiger partial charge in [-0.15, -0.1) is 0 Å². The van der Waals surface area contributed by atoms with Gasteiger partial charge in [0.05, 0.1) is 7.11 Å². The average Bonchev–Trinajstić information content (AvgIpc) is 2.38. The Morgan fingerprint density at radius 2 is 1.95 bits per heavy atom. The van der Waals surface area contributed by atoms with Crippen molar-refractivity contribution in [3.63, 3.8) is 0 Å². The van der Waals surface area contributed by atoms with Gasteiger partial charge in [0.1, 0.15) is 0 Å². The van der Waals surface area contributed by atoms with Crippen molar-refractivity contribution in [2.45, 2.75) is 25.7 Å². The van der Waals surface area contributed by atoms with Crippen molar-refractivity contribution in [1.82, 2.24) is 0 Å². The topological polar surface area (TPSA) is 44.8 Å². The van der Waals surface area contributed by atoms with Gasteiger partial charge in [-0.05, 0) is 34.1 Å². The first-order valence-electron chi connectivity index (χ1n) is 6.40. The fourth-order valence-electron chi connectivity index (χ4n) is 1.46. The second-order valence-electron chi connectivity index (χ2n) is 5.62. The average molecular weight is 361 g/mol. The third kappa shape index (κ3) is 5.64. The van der Waals surface area contributed by atoms with Crippen LogP contribution in [0.5, 0.6) is 11.5 Å². The highest BCUT2D eigenvalue weighted by Crippen LogP contribution is 2.32. The Balaban J connectivity index is 2.56. The van der Waals surface area contributed by atoms with Gasteiger partial charge in [0.2, 0.25) is 0 Å². The van der Waals surface area contributed by atoms with Crippen LogP contribution < -0.4 is 9.47 Å². The van der Waals surface area contributed by atoms with Crippen LogP contribution in [0.15, 0.2) is 16.6 Å². The molecule has 0 bridgehead atoms. The van der Waals surface area contributed by atoms with E-state index in [1.807, 2.05) is 0 Å². The molecule has 4 nitrogen and oxygen atoms in total. The maximum atomic E-state index is 10.9. The summed E-state index contributed by atoms with van der Waals surface area (Å²) >= 11 is 3.30. The Morgan fingerprint density at radius 1 is 1.25 bits per heavy atom. The van der Waals surface area contributed by atoms with Crippen LogP contribution in [0.2, 0.25) is 25.7 Å². The maximum absolute atomic E-state index is 10.9. The molecule has 0 fully saturated rings. The summed E-state index contributed by atoms with van der Waals surface area (Å²) in [4.78, 5) is 10.9. The number of hydrogen-bond donors (Lipinski definition) is 0. The van der Waals surface area contributed by atoms with Gasteiger partial charge in [-0.2, -0.15) is 0 Å². The second kappa shape index (κ2) is 7.80. The highest BCUT2D eigenvalue weighted by molar-refractivity contribution is 9.10. The third-order valence-electron chi connectivity index (χ3n) is 2.70. The van der Waals surface area contributed by atoms with Crippen LogP contribution in [0.3, 0.4) is 0 Å². The summed E-state index contributed by atoms with van der Waals surface area (Å²) in [5.74, 6) is 1.07. The minimum Gasteiger partial charge on any atom is -0.493 e. The van der Waals surface area contributed by atoms with E-state index in [4.69, 9.17) is 14.2 Å². The van der Waals surface area contributed by atoms with E-state index in [2.05, 4.69) is 35.6 Å². The van der Waals surface area contributed by atoms with Crippen molar-refractivity contribution in [3.05, 3.63) is 22.2 Å². The lowest BCUT2D eigenvalue weighted by atomic mass is 10.2. The number of aldehydes is 1. The molecule has 0 saturated carbocycles. The summed E-state index contributed by atoms with van der Waals surface area (Å²) < 4.78 is 16.9. The molecule has 0 aliphatic carbocycles. The lowest BCUT2D eigenvalue weighted by Gasteiger charge is -2.16. The molecule has 1 aromatic carbocycles. The van der Waals surface area contributed by atoms with Gasteiger partial charge in [0.15, 0.2) is 24.6 Å². The van der Waals surface area contributed by atoms with Crippen LogP contribution in [0.25, 0.3) is 0 Å². The Morgan fingerprint density at radius 3 is 2.50 bits per heavy atom. The number of carbonyl (C=O) groups is 1. The predicted molar refractivity (Wildman–Crippen MR) is 85.7 cm³/mol. The van der Waals surface area contributed by atoms with Gasteiger partial charge in [-0.1, -0.05) is 19.6 Å². The van der Waals surface area contributed by atoms with Crippen molar-refractivity contribution >= 4 is 30.3 Å². The number of rotatable bonds is 8. The largest absolute Gasteiger partial charge is 0.493 e. The van der Waals surface area contributed by atoms with Crippen molar-refractivity contribution in [2.24, 2.45) is 0 Å². The molecule has 0 N–H and O–H groups in total. The van der Waals surface area contributed by atoms with Gasteiger partial charge in [-0.25, -0.2) is 0 Å². The second-order valence-corrected chi connectivity index (χ2v) is 12.1. The first kappa shape index (κ1) is 17.2. The zero-order valence-corrected chi connectivity index (χ0v) is 15.0. The number of ether oxygens (including phenoxy) is 3. The van der Waals surface area contributed by atoms with Crippen molar-refractivity contribution in [2.75, 3.05) is 20.5 Å². The molecule has 1 aromatic rings. The molecule has 112 valence electrons. The number of benzene rings is 1. The number of methoxy groups -OCH3 is 1. The number of carbonyl (C=O) groups excluding carboxylic acids is 1. The molecule has 0 aromatic heterocycles. The highest BCUT2D eigenvalue weighted by atomic mass is 79.9. The van der Waals surface area contributed by atoms with E-state index in [0.29, 0.717) is 28.1 Å². The van der Waals surface area contributed by atoms with Crippen molar-refractivity contribution < 1.29 is 19.0 Å². The van der Waals surface area contributed by atoms with Gasteiger partial charge >= 0.3 is 0 Å². The van der Waals surface area contributed by atoms with Crippen LogP contribution in [0.4, 0.5) is 0 Å². The van der Waals surface area contributed by atoms with E-state index < -0.39 is 8.07 Å². The van der Waals surface area contributed by atoms with E-state index >= 15 is 0 Å². The summed E-state index contributed by atoms with van der Waals surface area (Å²) in [6.07, 6.45) is 0.766. The molecule has 1 rings (SSSR count). The molecule has 6 heteroatoms. The zero-order chi connectivity index (χ0) is 15.2. The molecule has 0 aliphatic rings. The molecule has 0 amide bonds. The minimum absolute atomic E-state index is 0.154. The number of halogens is 1. The van der Waals surface area contributed by atoms with Crippen LogP contribution in [0, 0.1) is 0 Å². The highest BCUT2D eigenvalue weighted by Gasteiger charge is 2.13. The predicted octanol–water partition coefficient (Wildman–Crippen LogP) is 3.96. The number of hydrogen-bond acceptors (Lipinski definition) is 4. The fraction of sp³-hybridized carbons (Fsp3) is 0.500. The smallest absolute Gasteiger partial charge is 0.189 e. The standard InChI is InChI=1S/C14H21BrO4Si/c1-17-13-8-12(15)11(9-16)7-14(13)19-10-18-5-6-20(2,3)4/h7-9H,5-6,10H2,1-4H3. The van der Waals surface area contributed by atoms with Gasteiger partial charge in [0, 0.05) is 24.7 Å². The molecule has 0 heterocycles. The minimum atomic E-state index is -1.08. The van der Waals surface area contributed by atoms with E-state index in [-0.39, 0.29) is 6.79 Å². The van der Waals surface area contributed by atoms with Gasteiger partial charge in [-0.3, -0.25) is 4.79 Å². The van der Waals surface area contributed by atoms with E-state index in [1.54, 1.807) is 19.2 Å². The SMILES string of the molecule is COc1cc(Br)c(C=O)cc1OCOCC[Si](C)(C)C. The monoisotopic (exact) mass is 360 g/mol. The fourth-order valence-corrected chi connectivity index (χ4v) is 2.63. The maximum Gasteiger partial charge on any atom is 0.189 e. The van der Waals surface area contributed by atoms with Gasteiger partial charge < -0.3 is 14.2 Å². The van der Waals surface area contributed by atoms with E-state index in [0.717, 1.165) is 12.3 Å². The first-order chi connectivity index (χ1) is 9.37. The molecule has 0 radical (unpaired) electrons. The zero-order valence-electron chi connectivity index (χ0n) is 12.4. The lowest BCUT2D eigenvalue weighted by molar-refractivity contribution is 0.0205. The molecule has 20 heavy (non-hydrogen) atoms. The lowest BCUT2D eigenvalue weighted by Crippen LogP contribution is -2.22. The van der Waals surface area contributed by atoms with Crippen LogP contribution in [-0.2, 0) is 4.74 Å². The van der Waals surface area contributed by atoms with Crippen LogP contribution in [-0.4, -0.2) is 34.9 Å².